The fourth-order valence-corrected chi connectivity index (χ4v) is 2.13. The lowest BCUT2D eigenvalue weighted by molar-refractivity contribution is -0.136. The normalized spacial score (nSPS) is 11.0. The minimum absolute atomic E-state index is 0.109. The molecule has 20 heavy (non-hydrogen) atoms. The van der Waals surface area contributed by atoms with Crippen LogP contribution in [0.3, 0.4) is 0 Å². The summed E-state index contributed by atoms with van der Waals surface area (Å²) in [4.78, 5) is 18.4. The van der Waals surface area contributed by atoms with Gasteiger partial charge in [0.25, 0.3) is 0 Å². The molecule has 2 aromatic rings. The van der Waals surface area contributed by atoms with Crippen LogP contribution in [0.4, 0.5) is 0 Å². The van der Waals surface area contributed by atoms with Gasteiger partial charge in [0.1, 0.15) is 5.82 Å². The molecular weight excluding hydrogens is 252 g/mol. The van der Waals surface area contributed by atoms with Gasteiger partial charge in [-0.3, -0.25) is 4.79 Å². The zero-order chi connectivity index (χ0) is 14.7. The maximum Gasteiger partial charge on any atom is 0.303 e. The van der Waals surface area contributed by atoms with E-state index in [1.54, 1.807) is 0 Å². The third-order valence-corrected chi connectivity index (χ3v) is 3.41. The molecule has 106 valence electrons. The largest absolute Gasteiger partial charge is 0.481 e. The minimum atomic E-state index is -0.796. The molecule has 1 heterocycles. The fraction of sp³-hybridized carbons (Fsp3) is 0.375. The summed E-state index contributed by atoms with van der Waals surface area (Å²) in [5, 5.41) is 8.73. The van der Waals surface area contributed by atoms with Crippen molar-refractivity contribution in [3.8, 4) is 11.4 Å². The van der Waals surface area contributed by atoms with Crippen LogP contribution >= 0.6 is 0 Å². The Morgan fingerprint density at radius 2 is 1.95 bits per heavy atom. The van der Waals surface area contributed by atoms with E-state index in [1.807, 2.05) is 6.92 Å². The summed E-state index contributed by atoms with van der Waals surface area (Å²) in [5.41, 5.74) is 4.09. The Balaban J connectivity index is 2.20. The Bertz CT molecular complexity index is 597. The number of aromatic amines is 1. The molecule has 0 atom stereocenters. The van der Waals surface area contributed by atoms with Crippen LogP contribution in [0.25, 0.3) is 11.4 Å². The van der Waals surface area contributed by atoms with Crippen molar-refractivity contribution in [3.63, 3.8) is 0 Å². The number of nitrogens with one attached hydrogen (secondary N) is 1. The van der Waals surface area contributed by atoms with Crippen LogP contribution in [0, 0.1) is 6.92 Å². The number of H-pyrrole nitrogens is 1. The van der Waals surface area contributed by atoms with Crippen molar-refractivity contribution >= 4 is 5.97 Å². The number of hydrogen-bond donors (Lipinski definition) is 2. The van der Waals surface area contributed by atoms with E-state index in [0.29, 0.717) is 12.3 Å². The number of carboxylic acids is 1. The lowest BCUT2D eigenvalue weighted by Gasteiger charge is -2.05. The second kappa shape index (κ2) is 5.90. The summed E-state index contributed by atoms with van der Waals surface area (Å²) >= 11 is 0. The summed E-state index contributed by atoms with van der Waals surface area (Å²) in [6, 6.07) is 8.31. The molecule has 0 aliphatic carbocycles. The molecule has 4 nitrogen and oxygen atoms in total. The Morgan fingerprint density at radius 1 is 1.30 bits per heavy atom. The summed E-state index contributed by atoms with van der Waals surface area (Å²) in [6.07, 6.45) is 0.569. The van der Waals surface area contributed by atoms with Crippen LogP contribution in [-0.4, -0.2) is 21.0 Å². The van der Waals surface area contributed by atoms with Crippen LogP contribution in [0.2, 0.25) is 0 Å². The molecule has 0 fully saturated rings. The van der Waals surface area contributed by atoms with E-state index < -0.39 is 5.97 Å². The van der Waals surface area contributed by atoms with Gasteiger partial charge in [0.05, 0.1) is 12.1 Å². The van der Waals surface area contributed by atoms with Gasteiger partial charge in [-0.2, -0.15) is 0 Å². The molecule has 2 rings (SSSR count). The molecule has 0 amide bonds. The summed E-state index contributed by atoms with van der Waals surface area (Å²) in [7, 11) is 0. The molecule has 0 unspecified atom stereocenters. The molecule has 0 bridgehead atoms. The van der Waals surface area contributed by atoms with E-state index >= 15 is 0 Å². The maximum atomic E-state index is 10.6. The number of aryl methyl sites for hydroxylation is 2. The topological polar surface area (TPSA) is 66.0 Å². The van der Waals surface area contributed by atoms with Crippen molar-refractivity contribution < 1.29 is 9.90 Å². The number of imidazole rings is 1. The van der Waals surface area contributed by atoms with Crippen LogP contribution in [0.15, 0.2) is 24.3 Å². The molecule has 0 aliphatic rings. The van der Waals surface area contributed by atoms with Crippen molar-refractivity contribution in [2.75, 3.05) is 0 Å². The molecule has 0 saturated heterocycles. The Kier molecular flexibility index (Phi) is 4.23. The summed E-state index contributed by atoms with van der Waals surface area (Å²) in [5.74, 6) is 0.516. The Labute approximate surface area is 118 Å². The van der Waals surface area contributed by atoms with Crippen molar-refractivity contribution in [3.05, 3.63) is 41.2 Å². The van der Waals surface area contributed by atoms with Crippen molar-refractivity contribution in [1.29, 1.82) is 0 Å². The first-order chi connectivity index (χ1) is 9.47. The number of nitrogens with zero attached hydrogens (tertiary/aromatic N) is 1. The lowest BCUT2D eigenvalue weighted by atomic mass is 10.0. The Hall–Kier alpha value is -2.10. The molecular formula is C16H20N2O2. The molecule has 1 aromatic carbocycles. The van der Waals surface area contributed by atoms with Gasteiger partial charge in [-0.25, -0.2) is 4.98 Å². The highest BCUT2D eigenvalue weighted by molar-refractivity contribution is 5.67. The SMILES string of the molecule is Cc1[nH]c(-c2ccc(C(C)C)cc2)nc1CCC(=O)O. The standard InChI is InChI=1S/C16H20N2O2/c1-10(2)12-4-6-13(7-5-12)16-17-11(3)14(18-16)8-9-15(19)20/h4-7,10H,8-9H2,1-3H3,(H,17,18)(H,19,20). The first kappa shape index (κ1) is 14.3. The predicted octanol–water partition coefficient (Wildman–Crippen LogP) is 3.53. The number of aliphatic carboxylic acids is 1. The van der Waals surface area contributed by atoms with Crippen molar-refractivity contribution in [2.45, 2.75) is 39.5 Å². The molecule has 1 aromatic heterocycles. The summed E-state index contributed by atoms with van der Waals surface area (Å²) in [6.45, 7) is 6.25. The number of benzene rings is 1. The van der Waals surface area contributed by atoms with Gasteiger partial charge in [0.15, 0.2) is 0 Å². The summed E-state index contributed by atoms with van der Waals surface area (Å²) < 4.78 is 0. The van der Waals surface area contributed by atoms with E-state index in [-0.39, 0.29) is 6.42 Å². The smallest absolute Gasteiger partial charge is 0.303 e. The van der Waals surface area contributed by atoms with E-state index in [0.717, 1.165) is 22.8 Å². The number of rotatable bonds is 5. The average Bonchev–Trinajstić information content (AvgIpc) is 2.78. The molecule has 0 aliphatic heterocycles. The third kappa shape index (κ3) is 3.26. The average molecular weight is 272 g/mol. The van der Waals surface area contributed by atoms with Gasteiger partial charge in [0, 0.05) is 17.7 Å². The van der Waals surface area contributed by atoms with E-state index in [1.165, 1.54) is 5.56 Å². The highest BCUT2D eigenvalue weighted by Gasteiger charge is 2.10. The maximum absolute atomic E-state index is 10.6. The van der Waals surface area contributed by atoms with E-state index in [4.69, 9.17) is 5.11 Å². The van der Waals surface area contributed by atoms with Crippen molar-refractivity contribution in [2.24, 2.45) is 0 Å². The quantitative estimate of drug-likeness (QED) is 0.875. The van der Waals surface area contributed by atoms with E-state index in [9.17, 15) is 4.79 Å². The highest BCUT2D eigenvalue weighted by Crippen LogP contribution is 2.22. The second-order valence-electron chi connectivity index (χ2n) is 5.33. The van der Waals surface area contributed by atoms with Crippen LogP contribution < -0.4 is 0 Å². The molecule has 2 N–H and O–H groups in total. The van der Waals surface area contributed by atoms with Gasteiger partial charge in [-0.15, -0.1) is 0 Å². The molecule has 0 saturated carbocycles. The van der Waals surface area contributed by atoms with Gasteiger partial charge in [-0.05, 0) is 18.4 Å². The first-order valence-corrected chi connectivity index (χ1v) is 6.85. The monoisotopic (exact) mass is 272 g/mol. The molecule has 0 spiro atoms. The lowest BCUT2D eigenvalue weighted by Crippen LogP contribution is -1.98. The Morgan fingerprint density at radius 3 is 2.50 bits per heavy atom. The van der Waals surface area contributed by atoms with Crippen LogP contribution in [-0.2, 0) is 11.2 Å². The number of hydrogen-bond acceptors (Lipinski definition) is 2. The zero-order valence-electron chi connectivity index (χ0n) is 12.1. The first-order valence-electron chi connectivity index (χ1n) is 6.85. The number of aromatic nitrogens is 2. The van der Waals surface area contributed by atoms with Crippen LogP contribution in [0.5, 0.6) is 0 Å². The molecule has 4 heteroatoms. The molecule has 0 radical (unpaired) electrons. The zero-order valence-corrected chi connectivity index (χ0v) is 12.1. The van der Waals surface area contributed by atoms with Crippen LogP contribution in [0.1, 0.15) is 43.1 Å². The van der Waals surface area contributed by atoms with Gasteiger partial charge >= 0.3 is 5.97 Å². The van der Waals surface area contributed by atoms with E-state index in [2.05, 4.69) is 48.1 Å². The van der Waals surface area contributed by atoms with Crippen molar-refractivity contribution in [1.82, 2.24) is 9.97 Å². The van der Waals surface area contributed by atoms with Gasteiger partial charge < -0.3 is 10.1 Å². The number of carboxylic acid groups (broad SMARTS) is 1. The second-order valence-corrected chi connectivity index (χ2v) is 5.33. The fourth-order valence-electron chi connectivity index (χ4n) is 2.13. The minimum Gasteiger partial charge on any atom is -0.481 e. The highest BCUT2D eigenvalue weighted by atomic mass is 16.4. The van der Waals surface area contributed by atoms with Gasteiger partial charge in [0.2, 0.25) is 0 Å². The third-order valence-electron chi connectivity index (χ3n) is 3.41. The number of carbonyl (C=O) groups is 1. The predicted molar refractivity (Wildman–Crippen MR) is 78.8 cm³/mol. The van der Waals surface area contributed by atoms with Gasteiger partial charge in [-0.1, -0.05) is 38.1 Å².